The second-order valence-electron chi connectivity index (χ2n) is 4.57. The van der Waals surface area contributed by atoms with E-state index in [1.165, 1.54) is 0 Å². The first-order valence-corrected chi connectivity index (χ1v) is 7.07. The lowest BCUT2D eigenvalue weighted by molar-refractivity contribution is 0.111. The highest BCUT2D eigenvalue weighted by molar-refractivity contribution is 6.69. The number of hydroxylamine groups is 1. The standard InChI is InChI=1S/C7H19NOSi/c1-7(2,3)8-9-10(4,5)6/h8H,1-6H3. The Bertz CT molecular complexity index is 87.2. The minimum Gasteiger partial charge on any atom is -0.346 e. The van der Waals surface area contributed by atoms with Crippen LogP contribution in [-0.2, 0) is 4.53 Å². The molecule has 0 rings (SSSR count). The number of hydrogen-bond acceptors (Lipinski definition) is 2. The quantitative estimate of drug-likeness (QED) is 0.495. The van der Waals surface area contributed by atoms with E-state index >= 15 is 0 Å². The van der Waals surface area contributed by atoms with Gasteiger partial charge < -0.3 is 4.53 Å². The normalized spacial score (nSPS) is 13.8. The largest absolute Gasteiger partial charge is 0.346 e. The van der Waals surface area contributed by atoms with E-state index in [1.54, 1.807) is 0 Å². The van der Waals surface area contributed by atoms with Crippen molar-refractivity contribution in [2.24, 2.45) is 0 Å². The molecule has 0 radical (unpaired) electrons. The highest BCUT2D eigenvalue weighted by atomic mass is 28.4. The molecule has 0 heterocycles. The van der Waals surface area contributed by atoms with Gasteiger partial charge in [0.2, 0.25) is 8.32 Å². The Balaban J connectivity index is 3.56. The Hall–Kier alpha value is 0.137. The second kappa shape index (κ2) is 3.03. The average molecular weight is 161 g/mol. The molecule has 3 heteroatoms. The summed E-state index contributed by atoms with van der Waals surface area (Å²) < 4.78 is 5.48. The van der Waals surface area contributed by atoms with Crippen LogP contribution in [0.3, 0.4) is 0 Å². The Morgan fingerprint density at radius 1 is 1.10 bits per heavy atom. The highest BCUT2D eigenvalue weighted by Gasteiger charge is 2.18. The zero-order valence-corrected chi connectivity index (χ0v) is 8.91. The summed E-state index contributed by atoms with van der Waals surface area (Å²) in [4.78, 5) is 0. The SMILES string of the molecule is CC(C)(C)NO[Si](C)(C)C. The molecule has 0 bridgehead atoms. The molecule has 0 aromatic carbocycles. The third kappa shape index (κ3) is 8.14. The van der Waals surface area contributed by atoms with Gasteiger partial charge in [-0.1, -0.05) is 0 Å². The van der Waals surface area contributed by atoms with Crippen molar-refractivity contribution in [1.82, 2.24) is 5.48 Å². The molecule has 0 saturated carbocycles. The van der Waals surface area contributed by atoms with Gasteiger partial charge in [0.05, 0.1) is 0 Å². The van der Waals surface area contributed by atoms with Crippen LogP contribution in [0.4, 0.5) is 0 Å². The molecule has 0 spiro atoms. The van der Waals surface area contributed by atoms with Crippen molar-refractivity contribution < 1.29 is 4.53 Å². The minimum absolute atomic E-state index is 0.0697. The molecule has 2 nitrogen and oxygen atoms in total. The van der Waals surface area contributed by atoms with E-state index in [0.717, 1.165) is 0 Å². The maximum atomic E-state index is 5.48. The van der Waals surface area contributed by atoms with E-state index < -0.39 is 8.32 Å². The Morgan fingerprint density at radius 3 is 1.60 bits per heavy atom. The molecular weight excluding hydrogens is 142 g/mol. The molecule has 0 saturated heterocycles. The molecule has 0 aromatic heterocycles. The lowest BCUT2D eigenvalue weighted by Gasteiger charge is -2.26. The van der Waals surface area contributed by atoms with Gasteiger partial charge in [0.25, 0.3) is 0 Å². The van der Waals surface area contributed by atoms with Gasteiger partial charge in [-0.2, -0.15) is 0 Å². The third-order valence-corrected chi connectivity index (χ3v) is 1.38. The van der Waals surface area contributed by atoms with E-state index in [1.807, 2.05) is 0 Å². The van der Waals surface area contributed by atoms with Crippen LogP contribution in [0.25, 0.3) is 0 Å². The molecule has 0 amide bonds. The Kier molecular flexibility index (Phi) is 3.07. The summed E-state index contributed by atoms with van der Waals surface area (Å²) in [7, 11) is -1.38. The van der Waals surface area contributed by atoms with Gasteiger partial charge in [-0.05, 0) is 40.4 Å². The first-order chi connectivity index (χ1) is 4.21. The summed E-state index contributed by atoms with van der Waals surface area (Å²) in [5.74, 6) is 0. The summed E-state index contributed by atoms with van der Waals surface area (Å²) in [6.07, 6.45) is 0. The molecule has 0 aromatic rings. The van der Waals surface area contributed by atoms with Crippen molar-refractivity contribution in [3.8, 4) is 0 Å². The summed E-state index contributed by atoms with van der Waals surface area (Å²) in [5.41, 5.74) is 3.09. The van der Waals surface area contributed by atoms with Gasteiger partial charge in [0, 0.05) is 5.54 Å². The molecule has 0 aliphatic heterocycles. The molecule has 1 N–H and O–H groups in total. The van der Waals surface area contributed by atoms with Crippen molar-refractivity contribution in [3.63, 3.8) is 0 Å². The van der Waals surface area contributed by atoms with E-state index in [0.29, 0.717) is 0 Å². The zero-order valence-electron chi connectivity index (χ0n) is 7.91. The number of hydrogen-bond donors (Lipinski definition) is 1. The van der Waals surface area contributed by atoms with Gasteiger partial charge in [-0.3, -0.25) is 0 Å². The molecule has 0 aliphatic rings. The van der Waals surface area contributed by atoms with Crippen LogP contribution >= 0.6 is 0 Å². The maximum Gasteiger partial charge on any atom is 0.211 e. The molecule has 0 atom stereocenters. The predicted octanol–water partition coefficient (Wildman–Crippen LogP) is 2.14. The van der Waals surface area contributed by atoms with E-state index in [2.05, 4.69) is 45.9 Å². The summed E-state index contributed by atoms with van der Waals surface area (Å²) >= 11 is 0. The lowest BCUT2D eigenvalue weighted by atomic mass is 10.1. The average Bonchev–Trinajstić information content (AvgIpc) is 1.57. The van der Waals surface area contributed by atoms with Crippen LogP contribution in [0, 0.1) is 0 Å². The second-order valence-corrected chi connectivity index (χ2v) is 9.00. The van der Waals surface area contributed by atoms with Crippen molar-refractivity contribution in [2.75, 3.05) is 0 Å². The van der Waals surface area contributed by atoms with Crippen molar-refractivity contribution in [3.05, 3.63) is 0 Å². The molecule has 10 heavy (non-hydrogen) atoms. The fraction of sp³-hybridized carbons (Fsp3) is 1.00. The van der Waals surface area contributed by atoms with E-state index in [4.69, 9.17) is 4.53 Å². The van der Waals surface area contributed by atoms with Crippen LogP contribution in [0.15, 0.2) is 0 Å². The van der Waals surface area contributed by atoms with Crippen molar-refractivity contribution >= 4 is 8.32 Å². The van der Waals surface area contributed by atoms with Gasteiger partial charge >= 0.3 is 0 Å². The first-order valence-electron chi connectivity index (χ1n) is 3.66. The Labute approximate surface area is 65.1 Å². The lowest BCUT2D eigenvalue weighted by Crippen LogP contribution is -2.43. The Morgan fingerprint density at radius 2 is 1.50 bits per heavy atom. The molecule has 0 fully saturated rings. The first kappa shape index (κ1) is 10.1. The van der Waals surface area contributed by atoms with Gasteiger partial charge in [0.15, 0.2) is 0 Å². The van der Waals surface area contributed by atoms with Crippen LogP contribution in [0.5, 0.6) is 0 Å². The topological polar surface area (TPSA) is 21.3 Å². The summed E-state index contributed by atoms with van der Waals surface area (Å²) in [5, 5.41) is 0. The van der Waals surface area contributed by atoms with Crippen LogP contribution in [0.2, 0.25) is 19.6 Å². The van der Waals surface area contributed by atoms with Crippen molar-refractivity contribution in [1.29, 1.82) is 0 Å². The van der Waals surface area contributed by atoms with Crippen LogP contribution < -0.4 is 5.48 Å². The van der Waals surface area contributed by atoms with E-state index in [-0.39, 0.29) is 5.54 Å². The monoisotopic (exact) mass is 161 g/mol. The molecular formula is C7H19NOSi. The zero-order chi connectivity index (χ0) is 8.41. The summed E-state index contributed by atoms with van der Waals surface area (Å²) in [6, 6.07) is 0. The number of rotatable bonds is 2. The molecule has 0 unspecified atom stereocenters. The highest BCUT2D eigenvalue weighted by Crippen LogP contribution is 2.04. The van der Waals surface area contributed by atoms with E-state index in [9.17, 15) is 0 Å². The fourth-order valence-electron chi connectivity index (χ4n) is 0.306. The number of nitrogens with one attached hydrogen (secondary N) is 1. The molecule has 62 valence electrons. The third-order valence-electron chi connectivity index (χ3n) is 0.663. The minimum atomic E-state index is -1.38. The van der Waals surface area contributed by atoms with Gasteiger partial charge in [0.1, 0.15) is 0 Å². The molecule has 0 aliphatic carbocycles. The van der Waals surface area contributed by atoms with Gasteiger partial charge in [-0.15, -0.1) is 0 Å². The van der Waals surface area contributed by atoms with Crippen molar-refractivity contribution in [2.45, 2.75) is 46.0 Å². The predicted molar refractivity (Wildman–Crippen MR) is 47.3 cm³/mol. The summed E-state index contributed by atoms with van der Waals surface area (Å²) in [6.45, 7) is 12.7. The van der Waals surface area contributed by atoms with Crippen LogP contribution in [-0.4, -0.2) is 13.9 Å². The van der Waals surface area contributed by atoms with Gasteiger partial charge in [-0.25, -0.2) is 5.48 Å². The maximum absolute atomic E-state index is 5.48. The fourth-order valence-corrected chi connectivity index (χ4v) is 0.919. The smallest absolute Gasteiger partial charge is 0.211 e. The van der Waals surface area contributed by atoms with Crippen LogP contribution in [0.1, 0.15) is 20.8 Å².